The molecule has 0 saturated heterocycles. The van der Waals surface area contributed by atoms with Crippen LogP contribution < -0.4 is 0 Å². The van der Waals surface area contributed by atoms with Gasteiger partial charge in [0.1, 0.15) is 0 Å². The monoisotopic (exact) mass is 175 g/mol. The van der Waals surface area contributed by atoms with Gasteiger partial charge in [0.2, 0.25) is 0 Å². The summed E-state index contributed by atoms with van der Waals surface area (Å²) in [5, 5.41) is 11.1. The highest BCUT2D eigenvalue weighted by atomic mass is 16.4. The van der Waals surface area contributed by atoms with E-state index in [1.165, 1.54) is 6.21 Å². The Labute approximate surface area is 78.2 Å². The molecule has 0 heterocycles. The SMILES string of the molecule is C=C(CC/C=N/O)c1ccccc1. The number of hydrogen-bond donors (Lipinski definition) is 1. The van der Waals surface area contributed by atoms with Crippen molar-refractivity contribution < 1.29 is 5.21 Å². The normalized spacial score (nSPS) is 10.5. The van der Waals surface area contributed by atoms with Crippen LogP contribution in [0.2, 0.25) is 0 Å². The zero-order valence-electron chi connectivity index (χ0n) is 7.48. The zero-order valence-corrected chi connectivity index (χ0v) is 7.48. The Morgan fingerprint density at radius 1 is 1.38 bits per heavy atom. The molecule has 0 bridgehead atoms. The van der Waals surface area contributed by atoms with E-state index in [-0.39, 0.29) is 0 Å². The van der Waals surface area contributed by atoms with Gasteiger partial charge in [-0.05, 0) is 24.0 Å². The van der Waals surface area contributed by atoms with Gasteiger partial charge in [-0.15, -0.1) is 5.16 Å². The maximum absolute atomic E-state index is 8.19. The molecule has 2 nitrogen and oxygen atoms in total. The standard InChI is InChI=1S/C11H13NO/c1-10(6-5-9-12-13)11-7-3-2-4-8-11/h2-4,7-9,13H,1,5-6H2/b12-9+. The van der Waals surface area contributed by atoms with Gasteiger partial charge < -0.3 is 5.21 Å². The third kappa shape index (κ3) is 3.11. The molecule has 1 rings (SSSR count). The first-order chi connectivity index (χ1) is 6.34. The minimum Gasteiger partial charge on any atom is -0.411 e. The van der Waals surface area contributed by atoms with Gasteiger partial charge in [-0.2, -0.15) is 0 Å². The first-order valence-electron chi connectivity index (χ1n) is 4.23. The first-order valence-corrected chi connectivity index (χ1v) is 4.23. The summed E-state index contributed by atoms with van der Waals surface area (Å²) in [6.07, 6.45) is 3.03. The molecule has 2 heteroatoms. The largest absolute Gasteiger partial charge is 0.411 e. The number of benzene rings is 1. The summed E-state index contributed by atoms with van der Waals surface area (Å²) in [6, 6.07) is 10.0. The van der Waals surface area contributed by atoms with E-state index in [0.29, 0.717) is 0 Å². The smallest absolute Gasteiger partial charge is 0.0439 e. The second kappa shape index (κ2) is 5.14. The van der Waals surface area contributed by atoms with Crippen LogP contribution in [-0.2, 0) is 0 Å². The van der Waals surface area contributed by atoms with Gasteiger partial charge in [-0.1, -0.05) is 36.9 Å². The lowest BCUT2D eigenvalue weighted by Crippen LogP contribution is -1.83. The molecule has 0 saturated carbocycles. The Hall–Kier alpha value is -1.57. The predicted molar refractivity (Wildman–Crippen MR) is 55.0 cm³/mol. The maximum Gasteiger partial charge on any atom is 0.0439 e. The molecule has 1 N–H and O–H groups in total. The lowest BCUT2D eigenvalue weighted by atomic mass is 10.0. The van der Waals surface area contributed by atoms with Crippen molar-refractivity contribution in [3.05, 3.63) is 42.5 Å². The van der Waals surface area contributed by atoms with Crippen LogP contribution in [0.5, 0.6) is 0 Å². The van der Waals surface area contributed by atoms with Gasteiger partial charge in [0.05, 0.1) is 0 Å². The average Bonchev–Trinajstić information content (AvgIpc) is 2.19. The van der Waals surface area contributed by atoms with Gasteiger partial charge in [-0.3, -0.25) is 0 Å². The summed E-state index contributed by atoms with van der Waals surface area (Å²) >= 11 is 0. The van der Waals surface area contributed by atoms with Crippen molar-refractivity contribution in [3.63, 3.8) is 0 Å². The average molecular weight is 175 g/mol. The van der Waals surface area contributed by atoms with Crippen LogP contribution in [0, 0.1) is 0 Å². The van der Waals surface area contributed by atoms with E-state index in [0.717, 1.165) is 24.0 Å². The Morgan fingerprint density at radius 2 is 2.08 bits per heavy atom. The minimum absolute atomic E-state index is 0.726. The minimum atomic E-state index is 0.726. The van der Waals surface area contributed by atoms with Crippen LogP contribution >= 0.6 is 0 Å². The van der Waals surface area contributed by atoms with Crippen molar-refractivity contribution in [3.8, 4) is 0 Å². The third-order valence-corrected chi connectivity index (χ3v) is 1.84. The maximum atomic E-state index is 8.19. The Bertz CT molecular complexity index is 290. The summed E-state index contributed by atoms with van der Waals surface area (Å²) < 4.78 is 0. The van der Waals surface area contributed by atoms with E-state index in [1.807, 2.05) is 30.3 Å². The molecule has 68 valence electrons. The molecular formula is C11H13NO. The number of hydrogen-bond acceptors (Lipinski definition) is 2. The second-order valence-electron chi connectivity index (χ2n) is 2.81. The first kappa shape index (κ1) is 9.52. The molecular weight excluding hydrogens is 162 g/mol. The predicted octanol–water partition coefficient (Wildman–Crippen LogP) is 2.94. The van der Waals surface area contributed by atoms with E-state index in [9.17, 15) is 0 Å². The highest BCUT2D eigenvalue weighted by molar-refractivity contribution is 5.67. The fourth-order valence-corrected chi connectivity index (χ4v) is 1.11. The van der Waals surface area contributed by atoms with Crippen LogP contribution in [0.15, 0.2) is 42.1 Å². The molecule has 0 aliphatic carbocycles. The van der Waals surface area contributed by atoms with Crippen molar-refractivity contribution in [2.45, 2.75) is 12.8 Å². The number of oxime groups is 1. The van der Waals surface area contributed by atoms with Crippen molar-refractivity contribution in [1.82, 2.24) is 0 Å². The Balaban J connectivity index is 2.49. The second-order valence-corrected chi connectivity index (χ2v) is 2.81. The van der Waals surface area contributed by atoms with Gasteiger partial charge in [0.25, 0.3) is 0 Å². The van der Waals surface area contributed by atoms with Crippen molar-refractivity contribution in [2.24, 2.45) is 5.16 Å². The van der Waals surface area contributed by atoms with Crippen LogP contribution in [0.3, 0.4) is 0 Å². The molecule has 13 heavy (non-hydrogen) atoms. The summed E-state index contributed by atoms with van der Waals surface area (Å²) in [7, 11) is 0. The van der Waals surface area contributed by atoms with Crippen LogP contribution in [-0.4, -0.2) is 11.4 Å². The molecule has 1 aromatic carbocycles. The van der Waals surface area contributed by atoms with Crippen molar-refractivity contribution >= 4 is 11.8 Å². The molecule has 0 aromatic heterocycles. The summed E-state index contributed by atoms with van der Waals surface area (Å²) in [4.78, 5) is 0. The van der Waals surface area contributed by atoms with Gasteiger partial charge in [-0.25, -0.2) is 0 Å². The zero-order chi connectivity index (χ0) is 9.52. The van der Waals surface area contributed by atoms with Crippen LogP contribution in [0.25, 0.3) is 5.57 Å². The molecule has 0 atom stereocenters. The highest BCUT2D eigenvalue weighted by Crippen LogP contribution is 2.16. The number of rotatable bonds is 4. The summed E-state index contributed by atoms with van der Waals surface area (Å²) in [5.74, 6) is 0. The quantitative estimate of drug-likeness (QED) is 0.426. The molecule has 0 radical (unpaired) electrons. The Kier molecular flexibility index (Phi) is 3.76. The van der Waals surface area contributed by atoms with E-state index < -0.39 is 0 Å². The van der Waals surface area contributed by atoms with Crippen LogP contribution in [0.4, 0.5) is 0 Å². The topological polar surface area (TPSA) is 32.6 Å². The van der Waals surface area contributed by atoms with Crippen molar-refractivity contribution in [2.75, 3.05) is 0 Å². The molecule has 1 aromatic rings. The molecule has 0 aliphatic heterocycles. The van der Waals surface area contributed by atoms with E-state index in [4.69, 9.17) is 5.21 Å². The Morgan fingerprint density at radius 3 is 2.69 bits per heavy atom. The fraction of sp³-hybridized carbons (Fsp3) is 0.182. The molecule has 0 spiro atoms. The molecule has 0 amide bonds. The third-order valence-electron chi connectivity index (χ3n) is 1.84. The van der Waals surface area contributed by atoms with Gasteiger partial charge >= 0.3 is 0 Å². The van der Waals surface area contributed by atoms with Crippen LogP contribution in [0.1, 0.15) is 18.4 Å². The molecule has 0 fully saturated rings. The summed E-state index contributed by atoms with van der Waals surface area (Å²) in [5.41, 5.74) is 2.22. The van der Waals surface area contributed by atoms with Gasteiger partial charge in [0, 0.05) is 6.21 Å². The lowest BCUT2D eigenvalue weighted by molar-refractivity contribution is 0.320. The lowest BCUT2D eigenvalue weighted by Gasteiger charge is -2.02. The van der Waals surface area contributed by atoms with E-state index >= 15 is 0 Å². The number of nitrogens with zero attached hydrogens (tertiary/aromatic N) is 1. The number of allylic oxidation sites excluding steroid dienone is 1. The van der Waals surface area contributed by atoms with Crippen molar-refractivity contribution in [1.29, 1.82) is 0 Å². The van der Waals surface area contributed by atoms with E-state index in [2.05, 4.69) is 11.7 Å². The highest BCUT2D eigenvalue weighted by Gasteiger charge is 1.95. The molecule has 0 aliphatic rings. The van der Waals surface area contributed by atoms with E-state index in [1.54, 1.807) is 0 Å². The molecule has 0 unspecified atom stereocenters. The summed E-state index contributed by atoms with van der Waals surface area (Å²) in [6.45, 7) is 3.95. The fourth-order valence-electron chi connectivity index (χ4n) is 1.11. The van der Waals surface area contributed by atoms with Gasteiger partial charge in [0.15, 0.2) is 0 Å².